The topological polar surface area (TPSA) is 93.1 Å². The Kier molecular flexibility index (Phi) is 5.49. The highest BCUT2D eigenvalue weighted by Gasteiger charge is 2.46. The van der Waals surface area contributed by atoms with Crippen LogP contribution in [0.3, 0.4) is 0 Å². The van der Waals surface area contributed by atoms with Gasteiger partial charge in [0.2, 0.25) is 0 Å². The SMILES string of the molecule is C[C@H]1C=C[C@H](C)N2C[C@H]1N1C=C(C(=O)NCc3c(F)cc(F)cc3F)C(O)C(O)=C1C2=O. The number of halogens is 3. The zero-order valence-corrected chi connectivity index (χ0v) is 17.3. The van der Waals surface area contributed by atoms with Crippen molar-refractivity contribution in [3.8, 4) is 0 Å². The third-order valence-electron chi connectivity index (χ3n) is 6.12. The van der Waals surface area contributed by atoms with Gasteiger partial charge in [0.05, 0.1) is 11.6 Å². The quantitative estimate of drug-likeness (QED) is 0.613. The van der Waals surface area contributed by atoms with Crippen molar-refractivity contribution < 1.29 is 33.0 Å². The Morgan fingerprint density at radius 3 is 2.50 bits per heavy atom. The highest BCUT2D eigenvalue weighted by Crippen LogP contribution is 2.36. The van der Waals surface area contributed by atoms with Gasteiger partial charge < -0.3 is 25.3 Å². The van der Waals surface area contributed by atoms with E-state index in [0.29, 0.717) is 18.7 Å². The summed E-state index contributed by atoms with van der Waals surface area (Å²) < 4.78 is 40.8. The monoisotopic (exact) mass is 449 g/mol. The molecule has 0 radical (unpaired) electrons. The molecular formula is C22H22F3N3O4. The standard InChI is InChI=1S/C22H22F3N3O4/c1-10-3-4-11(2)27-9-17(10)28-8-14(19(29)20(30)18(28)22(27)32)21(31)26-7-13-15(24)5-12(23)6-16(13)25/h3-6,8,10-11,17,19,29-30H,7,9H2,1-2H3,(H,26,31)/t10-,11-,17+,19?/m0/s1. The van der Waals surface area contributed by atoms with Crippen LogP contribution in [-0.4, -0.2) is 56.6 Å². The Hall–Kier alpha value is -3.27. The summed E-state index contributed by atoms with van der Waals surface area (Å²) >= 11 is 0. The van der Waals surface area contributed by atoms with Crippen molar-refractivity contribution in [3.05, 3.63) is 70.5 Å². The molecule has 10 heteroatoms. The summed E-state index contributed by atoms with van der Waals surface area (Å²) in [6, 6.07) is 0.484. The lowest BCUT2D eigenvalue weighted by Crippen LogP contribution is -2.58. The number of fused-ring (bicyclic) bond motifs is 4. The van der Waals surface area contributed by atoms with Gasteiger partial charge in [0.1, 0.15) is 29.3 Å². The van der Waals surface area contributed by atoms with E-state index in [4.69, 9.17) is 0 Å². The molecule has 32 heavy (non-hydrogen) atoms. The van der Waals surface area contributed by atoms with Gasteiger partial charge in [-0.15, -0.1) is 0 Å². The summed E-state index contributed by atoms with van der Waals surface area (Å²) in [4.78, 5) is 28.7. The van der Waals surface area contributed by atoms with Gasteiger partial charge in [-0.2, -0.15) is 0 Å². The van der Waals surface area contributed by atoms with Crippen LogP contribution < -0.4 is 5.32 Å². The fraction of sp³-hybridized carbons (Fsp3) is 0.364. The van der Waals surface area contributed by atoms with Gasteiger partial charge in [-0.05, 0) is 12.8 Å². The average molecular weight is 449 g/mol. The number of nitrogens with one attached hydrogen (secondary N) is 1. The summed E-state index contributed by atoms with van der Waals surface area (Å²) in [6.45, 7) is 3.52. The fourth-order valence-corrected chi connectivity index (χ4v) is 4.22. The second-order valence-corrected chi connectivity index (χ2v) is 8.17. The predicted octanol–water partition coefficient (Wildman–Crippen LogP) is 1.86. The molecule has 1 aromatic rings. The van der Waals surface area contributed by atoms with Crippen LogP contribution in [-0.2, 0) is 16.1 Å². The van der Waals surface area contributed by atoms with Crippen molar-refractivity contribution in [2.75, 3.05) is 6.54 Å². The third-order valence-corrected chi connectivity index (χ3v) is 6.12. The van der Waals surface area contributed by atoms with Crippen molar-refractivity contribution in [1.29, 1.82) is 0 Å². The van der Waals surface area contributed by atoms with Crippen LogP contribution in [0.1, 0.15) is 19.4 Å². The van der Waals surface area contributed by atoms with E-state index in [1.165, 1.54) is 11.1 Å². The predicted molar refractivity (Wildman–Crippen MR) is 107 cm³/mol. The molecule has 170 valence electrons. The molecule has 3 aliphatic rings. The normalized spacial score (nSPS) is 27.2. The first-order valence-corrected chi connectivity index (χ1v) is 10.1. The summed E-state index contributed by atoms with van der Waals surface area (Å²) in [7, 11) is 0. The molecule has 0 saturated carbocycles. The van der Waals surface area contributed by atoms with Crippen LogP contribution in [0, 0.1) is 23.4 Å². The first kappa shape index (κ1) is 21.9. The summed E-state index contributed by atoms with van der Waals surface area (Å²) in [5, 5.41) is 23.4. The molecule has 2 amide bonds. The van der Waals surface area contributed by atoms with E-state index in [1.807, 2.05) is 26.0 Å². The van der Waals surface area contributed by atoms with Crippen molar-refractivity contribution in [1.82, 2.24) is 15.1 Å². The summed E-state index contributed by atoms with van der Waals surface area (Å²) in [6.07, 6.45) is 3.32. The maximum Gasteiger partial charge on any atom is 0.274 e. The number of piperazine rings is 1. The van der Waals surface area contributed by atoms with Gasteiger partial charge in [0.25, 0.3) is 11.8 Å². The number of rotatable bonds is 3. The van der Waals surface area contributed by atoms with E-state index in [-0.39, 0.29) is 29.3 Å². The number of carbonyl (C=O) groups excluding carboxylic acids is 2. The highest BCUT2D eigenvalue weighted by molar-refractivity contribution is 5.99. The minimum Gasteiger partial charge on any atom is -0.507 e. The van der Waals surface area contributed by atoms with Gasteiger partial charge in [0, 0.05) is 43.0 Å². The molecule has 0 spiro atoms. The molecule has 1 aromatic carbocycles. The number of hydrogen-bond acceptors (Lipinski definition) is 5. The Bertz CT molecular complexity index is 1060. The molecule has 4 rings (SSSR count). The van der Waals surface area contributed by atoms with Crippen LogP contribution >= 0.6 is 0 Å². The molecule has 2 bridgehead atoms. The van der Waals surface area contributed by atoms with Gasteiger partial charge in [-0.3, -0.25) is 9.59 Å². The first-order valence-electron chi connectivity index (χ1n) is 10.1. The average Bonchev–Trinajstić information content (AvgIpc) is 2.85. The Labute approximate surface area is 182 Å². The summed E-state index contributed by atoms with van der Waals surface area (Å²) in [5.41, 5.74) is -0.946. The number of aliphatic hydroxyl groups is 2. The molecule has 1 unspecified atom stereocenters. The Morgan fingerprint density at radius 1 is 1.19 bits per heavy atom. The van der Waals surface area contributed by atoms with Gasteiger partial charge >= 0.3 is 0 Å². The Morgan fingerprint density at radius 2 is 1.84 bits per heavy atom. The smallest absolute Gasteiger partial charge is 0.274 e. The van der Waals surface area contributed by atoms with Crippen LogP contribution in [0.25, 0.3) is 0 Å². The molecule has 3 heterocycles. The minimum absolute atomic E-state index is 0.0449. The van der Waals surface area contributed by atoms with E-state index in [2.05, 4.69) is 5.32 Å². The highest BCUT2D eigenvalue weighted by atomic mass is 19.1. The largest absolute Gasteiger partial charge is 0.507 e. The van der Waals surface area contributed by atoms with E-state index in [0.717, 1.165) is 0 Å². The van der Waals surface area contributed by atoms with E-state index >= 15 is 0 Å². The van der Waals surface area contributed by atoms with Gasteiger partial charge in [-0.25, -0.2) is 13.2 Å². The van der Waals surface area contributed by atoms with Crippen LogP contribution in [0.15, 0.2) is 47.5 Å². The lowest BCUT2D eigenvalue weighted by atomic mass is 9.93. The fourth-order valence-electron chi connectivity index (χ4n) is 4.22. The molecule has 0 aliphatic carbocycles. The van der Waals surface area contributed by atoms with Crippen molar-refractivity contribution in [2.45, 2.75) is 38.6 Å². The number of hydrogen-bond donors (Lipinski definition) is 3. The molecule has 7 nitrogen and oxygen atoms in total. The molecular weight excluding hydrogens is 427 g/mol. The lowest BCUT2D eigenvalue weighted by Gasteiger charge is -2.46. The van der Waals surface area contributed by atoms with Gasteiger partial charge in [-0.1, -0.05) is 19.1 Å². The molecule has 4 atom stereocenters. The van der Waals surface area contributed by atoms with E-state index in [1.54, 1.807) is 4.90 Å². The van der Waals surface area contributed by atoms with Crippen LogP contribution in [0.4, 0.5) is 13.2 Å². The third kappa shape index (κ3) is 3.54. The molecule has 1 fully saturated rings. The van der Waals surface area contributed by atoms with E-state index < -0.39 is 53.2 Å². The van der Waals surface area contributed by atoms with Crippen molar-refractivity contribution in [2.24, 2.45) is 5.92 Å². The van der Waals surface area contributed by atoms with Crippen molar-refractivity contribution >= 4 is 11.8 Å². The minimum atomic E-state index is -1.80. The lowest BCUT2D eigenvalue weighted by molar-refractivity contribution is -0.135. The number of aliphatic hydroxyl groups excluding tert-OH is 2. The maximum absolute atomic E-state index is 13.9. The second kappa shape index (κ2) is 8.01. The molecule has 3 N–H and O–H groups in total. The summed E-state index contributed by atoms with van der Waals surface area (Å²) in [5.74, 6) is -5.51. The number of nitrogens with zero attached hydrogens (tertiary/aromatic N) is 2. The maximum atomic E-state index is 13.9. The van der Waals surface area contributed by atoms with Crippen LogP contribution in [0.2, 0.25) is 0 Å². The molecule has 0 aromatic heterocycles. The van der Waals surface area contributed by atoms with Gasteiger partial charge in [0.15, 0.2) is 5.76 Å². The number of amides is 2. The first-order chi connectivity index (χ1) is 15.1. The molecule has 3 aliphatic heterocycles. The zero-order chi connectivity index (χ0) is 23.3. The van der Waals surface area contributed by atoms with E-state index in [9.17, 15) is 33.0 Å². The van der Waals surface area contributed by atoms with Crippen LogP contribution in [0.5, 0.6) is 0 Å². The number of carbonyl (C=O) groups is 2. The number of benzene rings is 1. The van der Waals surface area contributed by atoms with Crippen molar-refractivity contribution in [3.63, 3.8) is 0 Å². The Balaban J connectivity index is 1.62. The second-order valence-electron chi connectivity index (χ2n) is 8.17. The molecule has 1 saturated heterocycles. The zero-order valence-electron chi connectivity index (χ0n) is 17.3.